The number of hydrogen-bond donors (Lipinski definition) is 1. The predicted octanol–water partition coefficient (Wildman–Crippen LogP) is 1.33. The number of rotatable bonds is 5. The van der Waals surface area contributed by atoms with E-state index in [2.05, 4.69) is 0 Å². The van der Waals surface area contributed by atoms with Crippen LogP contribution in [0.1, 0.15) is 18.4 Å². The predicted molar refractivity (Wildman–Crippen MR) is 78.9 cm³/mol. The lowest BCUT2D eigenvalue weighted by Crippen LogP contribution is -2.41. The summed E-state index contributed by atoms with van der Waals surface area (Å²) in [4.78, 5) is 0. The van der Waals surface area contributed by atoms with Gasteiger partial charge in [0.2, 0.25) is 10.0 Å². The standard InChI is InChI=1S/C14H21FN2O3S/c1-21(18,19)17-6-2-3-11(9-17)10-20-14-5-4-13(15)7-12(14)8-16/h4-5,7,11H,2-3,6,8-10,16H2,1H3. The third-order valence-corrected chi connectivity index (χ3v) is 4.94. The zero-order valence-electron chi connectivity index (χ0n) is 12.1. The van der Waals surface area contributed by atoms with E-state index in [0.29, 0.717) is 31.0 Å². The molecule has 5 nitrogen and oxygen atoms in total. The summed E-state index contributed by atoms with van der Waals surface area (Å²) in [6, 6.07) is 4.26. The minimum absolute atomic E-state index is 0.143. The third-order valence-electron chi connectivity index (χ3n) is 3.67. The average molecular weight is 316 g/mol. The van der Waals surface area contributed by atoms with Gasteiger partial charge in [-0.15, -0.1) is 0 Å². The summed E-state index contributed by atoms with van der Waals surface area (Å²) < 4.78 is 43.5. The van der Waals surface area contributed by atoms with Gasteiger partial charge in [0.05, 0.1) is 12.9 Å². The van der Waals surface area contributed by atoms with Crippen molar-refractivity contribution in [3.63, 3.8) is 0 Å². The lowest BCUT2D eigenvalue weighted by molar-refractivity contribution is 0.179. The molecule has 1 aromatic carbocycles. The summed E-state index contributed by atoms with van der Waals surface area (Å²) in [6.07, 6.45) is 2.97. The summed E-state index contributed by atoms with van der Waals surface area (Å²) in [6.45, 7) is 1.65. The van der Waals surface area contributed by atoms with Crippen molar-refractivity contribution in [1.29, 1.82) is 0 Å². The minimum Gasteiger partial charge on any atom is -0.493 e. The van der Waals surface area contributed by atoms with Gasteiger partial charge in [0, 0.05) is 31.1 Å². The second-order valence-electron chi connectivity index (χ2n) is 5.40. The quantitative estimate of drug-likeness (QED) is 0.889. The first-order valence-corrected chi connectivity index (χ1v) is 8.81. The molecule has 1 heterocycles. The van der Waals surface area contributed by atoms with Gasteiger partial charge in [-0.3, -0.25) is 0 Å². The molecular weight excluding hydrogens is 295 g/mol. The number of ether oxygens (including phenoxy) is 1. The molecule has 7 heteroatoms. The molecule has 2 N–H and O–H groups in total. The Morgan fingerprint density at radius 2 is 2.24 bits per heavy atom. The Morgan fingerprint density at radius 1 is 1.48 bits per heavy atom. The molecule has 1 aromatic rings. The first-order valence-electron chi connectivity index (χ1n) is 6.96. The lowest BCUT2D eigenvalue weighted by Gasteiger charge is -2.30. The molecule has 0 saturated carbocycles. The van der Waals surface area contributed by atoms with Gasteiger partial charge in [-0.1, -0.05) is 0 Å². The number of piperidine rings is 1. The fraction of sp³-hybridized carbons (Fsp3) is 0.571. The van der Waals surface area contributed by atoms with E-state index in [-0.39, 0.29) is 18.3 Å². The van der Waals surface area contributed by atoms with E-state index < -0.39 is 10.0 Å². The largest absolute Gasteiger partial charge is 0.493 e. The van der Waals surface area contributed by atoms with E-state index in [9.17, 15) is 12.8 Å². The molecule has 1 unspecified atom stereocenters. The molecule has 0 aliphatic carbocycles. The number of benzene rings is 1. The molecule has 1 atom stereocenters. The highest BCUT2D eigenvalue weighted by molar-refractivity contribution is 7.88. The van der Waals surface area contributed by atoms with Gasteiger partial charge in [-0.2, -0.15) is 0 Å². The molecule has 2 rings (SSSR count). The molecule has 1 aliphatic rings. The second kappa shape index (κ2) is 6.72. The van der Waals surface area contributed by atoms with E-state index in [4.69, 9.17) is 10.5 Å². The Labute approximate surface area is 124 Å². The topological polar surface area (TPSA) is 72.6 Å². The van der Waals surface area contributed by atoms with Gasteiger partial charge >= 0.3 is 0 Å². The van der Waals surface area contributed by atoms with Gasteiger partial charge < -0.3 is 10.5 Å². The van der Waals surface area contributed by atoms with Crippen LogP contribution in [0.3, 0.4) is 0 Å². The van der Waals surface area contributed by atoms with Gasteiger partial charge in [-0.05, 0) is 31.0 Å². The maximum Gasteiger partial charge on any atom is 0.211 e. The van der Waals surface area contributed by atoms with Crippen molar-refractivity contribution in [3.8, 4) is 5.75 Å². The molecular formula is C14H21FN2O3S. The molecule has 0 radical (unpaired) electrons. The van der Waals surface area contributed by atoms with Crippen molar-refractivity contribution in [2.24, 2.45) is 11.7 Å². The lowest BCUT2D eigenvalue weighted by atomic mass is 10.0. The van der Waals surface area contributed by atoms with Crippen molar-refractivity contribution in [1.82, 2.24) is 4.31 Å². The summed E-state index contributed by atoms with van der Waals surface area (Å²) >= 11 is 0. The highest BCUT2D eigenvalue weighted by Crippen LogP contribution is 2.23. The van der Waals surface area contributed by atoms with Gasteiger partial charge in [0.1, 0.15) is 11.6 Å². The van der Waals surface area contributed by atoms with Gasteiger partial charge in [0.25, 0.3) is 0 Å². The van der Waals surface area contributed by atoms with Crippen LogP contribution in [0.2, 0.25) is 0 Å². The van der Waals surface area contributed by atoms with Crippen molar-refractivity contribution in [2.45, 2.75) is 19.4 Å². The summed E-state index contributed by atoms with van der Waals surface area (Å²) in [5.74, 6) is 0.364. The highest BCUT2D eigenvalue weighted by atomic mass is 32.2. The second-order valence-corrected chi connectivity index (χ2v) is 7.38. The maximum atomic E-state index is 13.1. The van der Waals surface area contributed by atoms with Crippen LogP contribution in [0, 0.1) is 11.7 Å². The molecule has 1 aliphatic heterocycles. The van der Waals surface area contributed by atoms with Crippen LogP contribution in [0.15, 0.2) is 18.2 Å². The summed E-state index contributed by atoms with van der Waals surface area (Å²) in [5.41, 5.74) is 6.19. The first-order chi connectivity index (χ1) is 9.90. The molecule has 1 saturated heterocycles. The monoisotopic (exact) mass is 316 g/mol. The molecule has 0 bridgehead atoms. The SMILES string of the molecule is CS(=O)(=O)N1CCCC(COc2ccc(F)cc2CN)C1. The van der Waals surface area contributed by atoms with E-state index in [1.807, 2.05) is 0 Å². The van der Waals surface area contributed by atoms with Crippen molar-refractivity contribution in [3.05, 3.63) is 29.6 Å². The molecule has 21 heavy (non-hydrogen) atoms. The van der Waals surface area contributed by atoms with E-state index >= 15 is 0 Å². The van der Waals surface area contributed by atoms with E-state index in [1.165, 1.54) is 22.7 Å². The number of hydrogen-bond acceptors (Lipinski definition) is 4. The molecule has 0 spiro atoms. The Bertz CT molecular complexity index is 592. The Kier molecular flexibility index (Phi) is 5.18. The normalized spacial score (nSPS) is 20.4. The molecule has 0 amide bonds. The van der Waals surface area contributed by atoms with Crippen molar-refractivity contribution >= 4 is 10.0 Å². The third kappa shape index (κ3) is 4.39. The van der Waals surface area contributed by atoms with Crippen LogP contribution in [0.5, 0.6) is 5.75 Å². The number of sulfonamides is 1. The van der Waals surface area contributed by atoms with Crippen LogP contribution in [0.25, 0.3) is 0 Å². The summed E-state index contributed by atoms with van der Waals surface area (Å²) in [5, 5.41) is 0. The average Bonchev–Trinajstić information content (AvgIpc) is 2.45. The Hall–Kier alpha value is -1.18. The number of nitrogens with zero attached hydrogens (tertiary/aromatic N) is 1. The zero-order valence-corrected chi connectivity index (χ0v) is 12.9. The van der Waals surface area contributed by atoms with E-state index in [0.717, 1.165) is 12.8 Å². The zero-order chi connectivity index (χ0) is 15.5. The van der Waals surface area contributed by atoms with Crippen molar-refractivity contribution in [2.75, 3.05) is 26.0 Å². The number of nitrogens with two attached hydrogens (primary N) is 1. The molecule has 0 aromatic heterocycles. The Balaban J connectivity index is 1.97. The van der Waals surface area contributed by atoms with Crippen LogP contribution < -0.4 is 10.5 Å². The highest BCUT2D eigenvalue weighted by Gasteiger charge is 2.26. The molecule has 118 valence electrons. The maximum absolute atomic E-state index is 13.1. The Morgan fingerprint density at radius 3 is 2.90 bits per heavy atom. The summed E-state index contributed by atoms with van der Waals surface area (Å²) in [7, 11) is -3.15. The smallest absolute Gasteiger partial charge is 0.211 e. The van der Waals surface area contributed by atoms with Crippen LogP contribution in [-0.4, -0.2) is 38.7 Å². The van der Waals surface area contributed by atoms with Crippen LogP contribution >= 0.6 is 0 Å². The fourth-order valence-corrected chi connectivity index (χ4v) is 3.46. The van der Waals surface area contributed by atoms with Gasteiger partial charge in [0.15, 0.2) is 0 Å². The van der Waals surface area contributed by atoms with Crippen LogP contribution in [0.4, 0.5) is 4.39 Å². The fourth-order valence-electron chi connectivity index (χ4n) is 2.52. The van der Waals surface area contributed by atoms with Gasteiger partial charge in [-0.25, -0.2) is 17.1 Å². The minimum atomic E-state index is -3.15. The first kappa shape index (κ1) is 16.2. The van der Waals surface area contributed by atoms with E-state index in [1.54, 1.807) is 6.07 Å². The number of halogens is 1. The molecule has 1 fully saturated rings. The van der Waals surface area contributed by atoms with Crippen molar-refractivity contribution < 1.29 is 17.5 Å². The van der Waals surface area contributed by atoms with Crippen LogP contribution in [-0.2, 0) is 16.6 Å².